The van der Waals surface area contributed by atoms with Gasteiger partial charge in [0.2, 0.25) is 0 Å². The summed E-state index contributed by atoms with van der Waals surface area (Å²) in [6.07, 6.45) is 0. The number of amides is 1. The number of carbonyl (C=O) groups is 1. The second kappa shape index (κ2) is 5.63. The zero-order chi connectivity index (χ0) is 14.7. The van der Waals surface area contributed by atoms with Crippen LogP contribution in [-0.4, -0.2) is 5.91 Å². The van der Waals surface area contributed by atoms with Crippen LogP contribution in [0.2, 0.25) is 0 Å². The molecule has 1 heterocycles. The standard InChI is InChI=1S/C17H13NO3/c19-16(18-11-12-6-2-1-3-7-12)15-10-13-8-4-5-9-14(13)17(20)21-15/h1-10H,11H2,(H,18,19). The molecule has 0 saturated carbocycles. The topological polar surface area (TPSA) is 59.3 Å². The van der Waals surface area contributed by atoms with Gasteiger partial charge >= 0.3 is 5.63 Å². The molecule has 0 aliphatic rings. The minimum atomic E-state index is -0.502. The molecule has 4 nitrogen and oxygen atoms in total. The van der Waals surface area contributed by atoms with Crippen LogP contribution >= 0.6 is 0 Å². The molecule has 0 saturated heterocycles. The van der Waals surface area contributed by atoms with Crippen LogP contribution in [0.25, 0.3) is 10.8 Å². The summed E-state index contributed by atoms with van der Waals surface area (Å²) < 4.78 is 5.07. The highest BCUT2D eigenvalue weighted by molar-refractivity contribution is 5.95. The van der Waals surface area contributed by atoms with Gasteiger partial charge in [-0.1, -0.05) is 48.5 Å². The number of rotatable bonds is 3. The molecule has 0 aliphatic carbocycles. The predicted molar refractivity (Wildman–Crippen MR) is 80.1 cm³/mol. The van der Waals surface area contributed by atoms with E-state index in [0.717, 1.165) is 5.56 Å². The van der Waals surface area contributed by atoms with E-state index in [4.69, 9.17) is 4.42 Å². The number of hydrogen-bond acceptors (Lipinski definition) is 3. The molecule has 21 heavy (non-hydrogen) atoms. The van der Waals surface area contributed by atoms with Crippen LogP contribution in [0.1, 0.15) is 16.1 Å². The highest BCUT2D eigenvalue weighted by Gasteiger charge is 2.11. The lowest BCUT2D eigenvalue weighted by atomic mass is 10.1. The summed E-state index contributed by atoms with van der Waals surface area (Å²) in [5.41, 5.74) is 0.479. The molecule has 0 unspecified atom stereocenters. The summed E-state index contributed by atoms with van der Waals surface area (Å²) in [6.45, 7) is 0.385. The van der Waals surface area contributed by atoms with E-state index in [0.29, 0.717) is 17.3 Å². The molecule has 0 atom stereocenters. The molecule has 0 fully saturated rings. The normalized spacial score (nSPS) is 10.5. The molecule has 3 aromatic rings. The van der Waals surface area contributed by atoms with E-state index >= 15 is 0 Å². The van der Waals surface area contributed by atoms with Crippen molar-refractivity contribution in [2.75, 3.05) is 0 Å². The monoisotopic (exact) mass is 279 g/mol. The highest BCUT2D eigenvalue weighted by Crippen LogP contribution is 2.11. The number of benzene rings is 2. The molecular weight excluding hydrogens is 266 g/mol. The van der Waals surface area contributed by atoms with Crippen LogP contribution in [0, 0.1) is 0 Å². The Hall–Kier alpha value is -2.88. The third-order valence-corrected chi connectivity index (χ3v) is 3.19. The zero-order valence-electron chi connectivity index (χ0n) is 11.2. The SMILES string of the molecule is O=C(NCc1ccccc1)c1cc2ccccc2c(=O)o1. The number of hydrogen-bond donors (Lipinski definition) is 1. The second-order valence-corrected chi connectivity index (χ2v) is 4.65. The third-order valence-electron chi connectivity index (χ3n) is 3.19. The fourth-order valence-electron chi connectivity index (χ4n) is 2.11. The first-order chi connectivity index (χ1) is 10.2. The van der Waals surface area contributed by atoms with Crippen LogP contribution in [-0.2, 0) is 6.54 Å². The molecule has 0 radical (unpaired) electrons. The van der Waals surface area contributed by atoms with Crippen molar-refractivity contribution in [3.63, 3.8) is 0 Å². The van der Waals surface area contributed by atoms with Crippen molar-refractivity contribution in [3.8, 4) is 0 Å². The van der Waals surface area contributed by atoms with Gasteiger partial charge in [0.1, 0.15) is 0 Å². The molecule has 4 heteroatoms. The van der Waals surface area contributed by atoms with Crippen LogP contribution in [0.3, 0.4) is 0 Å². The fraction of sp³-hybridized carbons (Fsp3) is 0.0588. The van der Waals surface area contributed by atoms with E-state index in [1.165, 1.54) is 0 Å². The van der Waals surface area contributed by atoms with Crippen molar-refractivity contribution in [2.45, 2.75) is 6.54 Å². The van der Waals surface area contributed by atoms with Gasteiger partial charge in [-0.15, -0.1) is 0 Å². The first-order valence-electron chi connectivity index (χ1n) is 6.59. The van der Waals surface area contributed by atoms with Crippen LogP contribution in [0.4, 0.5) is 0 Å². The van der Waals surface area contributed by atoms with Crippen molar-refractivity contribution >= 4 is 16.7 Å². The van der Waals surface area contributed by atoms with Crippen molar-refractivity contribution in [1.29, 1.82) is 0 Å². The van der Waals surface area contributed by atoms with E-state index < -0.39 is 11.5 Å². The molecule has 2 aromatic carbocycles. The Bertz CT molecular complexity index is 837. The molecule has 1 N–H and O–H groups in total. The van der Waals surface area contributed by atoms with Gasteiger partial charge in [-0.25, -0.2) is 4.79 Å². The maximum absolute atomic E-state index is 12.1. The van der Waals surface area contributed by atoms with E-state index in [-0.39, 0.29) is 5.76 Å². The Kier molecular flexibility index (Phi) is 3.51. The van der Waals surface area contributed by atoms with Gasteiger partial charge < -0.3 is 9.73 Å². The molecule has 1 aromatic heterocycles. The van der Waals surface area contributed by atoms with Crippen molar-refractivity contribution in [3.05, 3.63) is 82.4 Å². The number of fused-ring (bicyclic) bond motifs is 1. The quantitative estimate of drug-likeness (QED) is 0.802. The first kappa shape index (κ1) is 13.1. The number of carbonyl (C=O) groups excluding carboxylic acids is 1. The molecule has 1 amide bonds. The minimum absolute atomic E-state index is 0.0228. The molecule has 104 valence electrons. The Balaban J connectivity index is 1.83. The van der Waals surface area contributed by atoms with Gasteiger partial charge in [-0.05, 0) is 23.1 Å². The Labute approximate surface area is 121 Å². The van der Waals surface area contributed by atoms with Gasteiger partial charge in [0, 0.05) is 6.54 Å². The van der Waals surface area contributed by atoms with Crippen molar-refractivity contribution < 1.29 is 9.21 Å². The summed E-state index contributed by atoms with van der Waals surface area (Å²) in [5.74, 6) is -0.378. The fourth-order valence-corrected chi connectivity index (χ4v) is 2.11. The maximum atomic E-state index is 12.1. The van der Waals surface area contributed by atoms with Gasteiger partial charge in [-0.3, -0.25) is 4.79 Å². The molecule has 3 rings (SSSR count). The van der Waals surface area contributed by atoms with Gasteiger partial charge in [0.05, 0.1) is 5.39 Å². The van der Waals surface area contributed by atoms with Gasteiger partial charge in [-0.2, -0.15) is 0 Å². The lowest BCUT2D eigenvalue weighted by Gasteiger charge is -2.05. The molecule has 0 aliphatic heterocycles. The second-order valence-electron chi connectivity index (χ2n) is 4.65. The summed E-state index contributed by atoms with van der Waals surface area (Å²) in [7, 11) is 0. The van der Waals surface area contributed by atoms with Crippen LogP contribution < -0.4 is 10.9 Å². The average Bonchev–Trinajstić information content (AvgIpc) is 2.53. The first-order valence-corrected chi connectivity index (χ1v) is 6.59. The van der Waals surface area contributed by atoms with Gasteiger partial charge in [0.15, 0.2) is 5.76 Å². The average molecular weight is 279 g/mol. The van der Waals surface area contributed by atoms with E-state index in [1.54, 1.807) is 24.3 Å². The van der Waals surface area contributed by atoms with Crippen molar-refractivity contribution in [2.24, 2.45) is 0 Å². The van der Waals surface area contributed by atoms with E-state index in [2.05, 4.69) is 5.32 Å². The summed E-state index contributed by atoms with van der Waals surface area (Å²) in [5, 5.41) is 3.90. The minimum Gasteiger partial charge on any atom is -0.417 e. The number of nitrogens with one attached hydrogen (secondary N) is 1. The lowest BCUT2D eigenvalue weighted by molar-refractivity contribution is 0.0919. The smallest absolute Gasteiger partial charge is 0.344 e. The molecule has 0 bridgehead atoms. The van der Waals surface area contributed by atoms with E-state index in [1.807, 2.05) is 36.4 Å². The van der Waals surface area contributed by atoms with Crippen LogP contribution in [0.15, 0.2) is 69.9 Å². The summed E-state index contributed by atoms with van der Waals surface area (Å²) in [6, 6.07) is 18.1. The molecular formula is C17H13NO3. The summed E-state index contributed by atoms with van der Waals surface area (Å²) >= 11 is 0. The zero-order valence-corrected chi connectivity index (χ0v) is 11.2. The Morgan fingerprint density at radius 3 is 2.52 bits per heavy atom. The Morgan fingerprint density at radius 2 is 1.71 bits per heavy atom. The van der Waals surface area contributed by atoms with Gasteiger partial charge in [0.25, 0.3) is 5.91 Å². The largest absolute Gasteiger partial charge is 0.417 e. The summed E-state index contributed by atoms with van der Waals surface area (Å²) in [4.78, 5) is 23.9. The molecule has 0 spiro atoms. The lowest BCUT2D eigenvalue weighted by Crippen LogP contribution is -2.23. The van der Waals surface area contributed by atoms with Crippen LogP contribution in [0.5, 0.6) is 0 Å². The third kappa shape index (κ3) is 2.84. The Morgan fingerprint density at radius 1 is 1.00 bits per heavy atom. The van der Waals surface area contributed by atoms with E-state index in [9.17, 15) is 9.59 Å². The predicted octanol–water partition coefficient (Wildman–Crippen LogP) is 2.72. The maximum Gasteiger partial charge on any atom is 0.344 e. The van der Waals surface area contributed by atoms with Crippen molar-refractivity contribution in [1.82, 2.24) is 5.32 Å². The highest BCUT2D eigenvalue weighted by atomic mass is 16.4.